The Bertz CT molecular complexity index is 178. The molecule has 0 aliphatic heterocycles. The zero-order valence-electron chi connectivity index (χ0n) is 11.1. The van der Waals surface area contributed by atoms with E-state index in [4.69, 9.17) is 9.47 Å². The van der Waals surface area contributed by atoms with E-state index in [0.29, 0.717) is 6.04 Å². The molecule has 1 rings (SSSR count). The van der Waals surface area contributed by atoms with Crippen LogP contribution in [0.2, 0.25) is 0 Å². The highest BCUT2D eigenvalue weighted by Crippen LogP contribution is 2.18. The molecule has 0 bridgehead atoms. The normalized spacial score (nSPS) is 19.1. The molecule has 0 atom stereocenters. The lowest BCUT2D eigenvalue weighted by atomic mass is 9.95. The van der Waals surface area contributed by atoms with Gasteiger partial charge in [-0.1, -0.05) is 19.3 Å². The molecule has 1 saturated carbocycles. The fourth-order valence-electron chi connectivity index (χ4n) is 2.39. The SMILES string of the molecule is CCOC([SiH3])(CNC1CCCCC1)OCC. The lowest BCUT2D eigenvalue weighted by Crippen LogP contribution is -2.49. The smallest absolute Gasteiger partial charge is 0.153 e. The number of ether oxygens (including phenoxy) is 2. The van der Waals surface area contributed by atoms with Gasteiger partial charge in [-0.2, -0.15) is 0 Å². The third kappa shape index (κ3) is 4.95. The van der Waals surface area contributed by atoms with Crippen LogP contribution in [0.3, 0.4) is 0 Å². The standard InChI is InChI=1S/C12H27NO2Si/c1-3-14-12(16,15-4-2)10-13-11-8-6-5-7-9-11/h11,13H,3-10H2,1-2,16H3. The Hall–Kier alpha value is 0.0969. The van der Waals surface area contributed by atoms with Gasteiger partial charge < -0.3 is 14.8 Å². The molecule has 1 aliphatic rings. The van der Waals surface area contributed by atoms with Crippen LogP contribution in [0.15, 0.2) is 0 Å². The Balaban J connectivity index is 2.30. The molecule has 0 aromatic carbocycles. The first kappa shape index (κ1) is 14.2. The highest BCUT2D eigenvalue weighted by Gasteiger charge is 2.25. The molecule has 0 amide bonds. The van der Waals surface area contributed by atoms with Gasteiger partial charge in [-0.3, -0.25) is 0 Å². The van der Waals surface area contributed by atoms with E-state index in [2.05, 4.69) is 5.32 Å². The van der Waals surface area contributed by atoms with E-state index >= 15 is 0 Å². The first-order chi connectivity index (χ1) is 7.70. The predicted molar refractivity (Wildman–Crippen MR) is 70.8 cm³/mol. The van der Waals surface area contributed by atoms with Gasteiger partial charge in [0, 0.05) is 25.8 Å². The van der Waals surface area contributed by atoms with Crippen molar-refractivity contribution in [3.8, 4) is 0 Å². The van der Waals surface area contributed by atoms with Crippen molar-refractivity contribution in [2.75, 3.05) is 19.8 Å². The summed E-state index contributed by atoms with van der Waals surface area (Å²) in [5.74, 6) is 0. The minimum Gasteiger partial charge on any atom is -0.354 e. The fraction of sp³-hybridized carbons (Fsp3) is 1.00. The van der Waals surface area contributed by atoms with E-state index in [1.54, 1.807) is 0 Å². The molecule has 0 aromatic rings. The molecule has 1 N–H and O–H groups in total. The summed E-state index contributed by atoms with van der Waals surface area (Å²) in [7, 11) is 0.911. The number of rotatable bonds is 7. The summed E-state index contributed by atoms with van der Waals surface area (Å²) < 4.78 is 11.5. The predicted octanol–water partition coefficient (Wildman–Crippen LogP) is 1.00. The van der Waals surface area contributed by atoms with Gasteiger partial charge in [-0.15, -0.1) is 0 Å². The van der Waals surface area contributed by atoms with Gasteiger partial charge in [0.25, 0.3) is 0 Å². The van der Waals surface area contributed by atoms with Crippen LogP contribution in [0.5, 0.6) is 0 Å². The maximum atomic E-state index is 5.74. The van der Waals surface area contributed by atoms with Gasteiger partial charge in [-0.25, -0.2) is 0 Å². The van der Waals surface area contributed by atoms with Gasteiger partial charge in [0.15, 0.2) is 5.41 Å². The molecule has 1 aliphatic carbocycles. The molecule has 4 heteroatoms. The van der Waals surface area contributed by atoms with Crippen molar-refractivity contribution in [2.45, 2.75) is 57.4 Å². The zero-order chi connectivity index (χ0) is 11.9. The third-order valence-electron chi connectivity index (χ3n) is 3.22. The number of nitrogens with one attached hydrogen (secondary N) is 1. The summed E-state index contributed by atoms with van der Waals surface area (Å²) in [4.78, 5) is 0. The van der Waals surface area contributed by atoms with Gasteiger partial charge in [0.2, 0.25) is 0 Å². The van der Waals surface area contributed by atoms with Crippen molar-refractivity contribution < 1.29 is 9.47 Å². The molecular formula is C12H27NO2Si. The van der Waals surface area contributed by atoms with Gasteiger partial charge in [-0.05, 0) is 26.7 Å². The summed E-state index contributed by atoms with van der Waals surface area (Å²) in [5, 5.41) is 3.62. The Kier molecular flexibility index (Phi) is 6.57. The van der Waals surface area contributed by atoms with E-state index in [1.807, 2.05) is 13.8 Å². The Labute approximate surface area is 103 Å². The minimum absolute atomic E-state index is 0.319. The topological polar surface area (TPSA) is 30.5 Å². The molecule has 0 aromatic heterocycles. The van der Waals surface area contributed by atoms with E-state index in [9.17, 15) is 0 Å². The summed E-state index contributed by atoms with van der Waals surface area (Å²) in [6.45, 7) is 6.38. The van der Waals surface area contributed by atoms with Crippen LogP contribution in [0.4, 0.5) is 0 Å². The molecule has 0 unspecified atom stereocenters. The third-order valence-corrected chi connectivity index (χ3v) is 4.15. The monoisotopic (exact) mass is 245 g/mol. The van der Waals surface area contributed by atoms with Crippen LogP contribution in [-0.4, -0.2) is 41.5 Å². The zero-order valence-corrected chi connectivity index (χ0v) is 13.1. The molecule has 0 saturated heterocycles. The van der Waals surface area contributed by atoms with Crippen molar-refractivity contribution >= 4 is 10.2 Å². The summed E-state index contributed by atoms with van der Waals surface area (Å²) in [6, 6.07) is 0.683. The van der Waals surface area contributed by atoms with E-state index in [-0.39, 0.29) is 5.41 Å². The quantitative estimate of drug-likeness (QED) is 0.536. The van der Waals surface area contributed by atoms with Crippen LogP contribution in [0, 0.1) is 0 Å². The van der Waals surface area contributed by atoms with Gasteiger partial charge >= 0.3 is 0 Å². The van der Waals surface area contributed by atoms with Crippen molar-refractivity contribution in [2.24, 2.45) is 0 Å². The molecule has 3 nitrogen and oxygen atoms in total. The highest BCUT2D eigenvalue weighted by atomic mass is 28.1. The fourth-order valence-corrected chi connectivity index (χ4v) is 3.17. The average Bonchev–Trinajstić information content (AvgIpc) is 2.29. The Morgan fingerprint density at radius 2 is 1.69 bits per heavy atom. The number of hydrogen-bond donors (Lipinski definition) is 1. The average molecular weight is 245 g/mol. The summed E-state index contributed by atoms with van der Waals surface area (Å²) in [6.07, 6.45) is 6.77. The van der Waals surface area contributed by atoms with Crippen LogP contribution >= 0.6 is 0 Å². The maximum absolute atomic E-state index is 5.74. The highest BCUT2D eigenvalue weighted by molar-refractivity contribution is 6.13. The van der Waals surface area contributed by atoms with Crippen LogP contribution in [-0.2, 0) is 9.47 Å². The van der Waals surface area contributed by atoms with Crippen molar-refractivity contribution in [1.82, 2.24) is 5.32 Å². The molecule has 0 spiro atoms. The summed E-state index contributed by atoms with van der Waals surface area (Å²) >= 11 is 0. The van der Waals surface area contributed by atoms with Crippen LogP contribution in [0.1, 0.15) is 46.0 Å². The second-order valence-corrected chi connectivity index (χ2v) is 6.24. The van der Waals surface area contributed by atoms with Gasteiger partial charge in [0.1, 0.15) is 0 Å². The Morgan fingerprint density at radius 3 is 2.19 bits per heavy atom. The van der Waals surface area contributed by atoms with Crippen LogP contribution < -0.4 is 5.32 Å². The summed E-state index contributed by atoms with van der Waals surface area (Å²) in [5.41, 5.74) is -0.319. The van der Waals surface area contributed by atoms with E-state index in [0.717, 1.165) is 30.0 Å². The Morgan fingerprint density at radius 1 is 1.12 bits per heavy atom. The second-order valence-electron chi connectivity index (χ2n) is 4.72. The van der Waals surface area contributed by atoms with E-state index in [1.165, 1.54) is 32.1 Å². The molecule has 96 valence electrons. The first-order valence-electron chi connectivity index (χ1n) is 6.71. The largest absolute Gasteiger partial charge is 0.354 e. The number of hydrogen-bond acceptors (Lipinski definition) is 3. The molecule has 0 heterocycles. The molecule has 16 heavy (non-hydrogen) atoms. The first-order valence-corrected chi connectivity index (χ1v) is 7.71. The van der Waals surface area contributed by atoms with Gasteiger partial charge in [0.05, 0.1) is 10.2 Å². The molecular weight excluding hydrogens is 218 g/mol. The lowest BCUT2D eigenvalue weighted by molar-refractivity contribution is -0.170. The second kappa shape index (κ2) is 7.43. The van der Waals surface area contributed by atoms with E-state index < -0.39 is 0 Å². The van der Waals surface area contributed by atoms with Crippen LogP contribution in [0.25, 0.3) is 0 Å². The van der Waals surface area contributed by atoms with Crippen molar-refractivity contribution in [1.29, 1.82) is 0 Å². The molecule has 1 fully saturated rings. The minimum atomic E-state index is -0.319. The van der Waals surface area contributed by atoms with Crippen molar-refractivity contribution in [3.63, 3.8) is 0 Å². The lowest BCUT2D eigenvalue weighted by Gasteiger charge is -2.33. The van der Waals surface area contributed by atoms with Crippen molar-refractivity contribution in [3.05, 3.63) is 0 Å². The maximum Gasteiger partial charge on any atom is 0.153 e. The molecule has 0 radical (unpaired) electrons.